The monoisotopic (exact) mass is 349 g/mol. The number of hydrogen-bond donors (Lipinski definition) is 0. The zero-order chi connectivity index (χ0) is 17.9. The van der Waals surface area contributed by atoms with Gasteiger partial charge in [-0.3, -0.25) is 4.98 Å². The van der Waals surface area contributed by atoms with Gasteiger partial charge in [0, 0.05) is 24.7 Å². The molecule has 5 heteroatoms. The Hall–Kier alpha value is -2.82. The molecule has 3 aromatic rings. The van der Waals surface area contributed by atoms with Crippen LogP contribution in [0.5, 0.6) is 11.5 Å². The number of nitrogens with zero attached hydrogens (tertiary/aromatic N) is 3. The summed E-state index contributed by atoms with van der Waals surface area (Å²) >= 11 is 0. The highest BCUT2D eigenvalue weighted by atomic mass is 16.5. The zero-order valence-corrected chi connectivity index (χ0v) is 15.2. The van der Waals surface area contributed by atoms with Gasteiger partial charge in [-0.25, -0.2) is 4.98 Å². The van der Waals surface area contributed by atoms with Gasteiger partial charge in [-0.2, -0.15) is 0 Å². The second-order valence-corrected chi connectivity index (χ2v) is 6.55. The number of hydrogen-bond acceptors (Lipinski definition) is 5. The minimum Gasteiger partial charge on any atom is -0.497 e. The molecule has 1 aliphatic rings. The summed E-state index contributed by atoms with van der Waals surface area (Å²) in [6.45, 7) is 2.12. The molecule has 2 aromatic carbocycles. The average Bonchev–Trinajstić information content (AvgIpc) is 2.73. The lowest BCUT2D eigenvalue weighted by atomic mass is 10.0. The van der Waals surface area contributed by atoms with Crippen LogP contribution in [-0.2, 0) is 0 Å². The zero-order valence-electron chi connectivity index (χ0n) is 15.2. The predicted molar refractivity (Wildman–Crippen MR) is 104 cm³/mol. The Labute approximate surface area is 153 Å². The first-order chi connectivity index (χ1) is 12.8. The minimum absolute atomic E-state index is 0.776. The molecule has 1 aromatic heterocycles. The summed E-state index contributed by atoms with van der Waals surface area (Å²) in [6, 6.07) is 12.0. The lowest BCUT2D eigenvalue weighted by molar-refractivity contribution is 0.395. The summed E-state index contributed by atoms with van der Waals surface area (Å²) in [6.07, 6.45) is 5.64. The number of anilines is 1. The molecule has 0 aliphatic carbocycles. The van der Waals surface area contributed by atoms with Gasteiger partial charge in [0.05, 0.1) is 31.4 Å². The van der Waals surface area contributed by atoms with Crippen LogP contribution in [0.25, 0.3) is 22.2 Å². The van der Waals surface area contributed by atoms with Gasteiger partial charge in [0.2, 0.25) is 0 Å². The highest BCUT2D eigenvalue weighted by Gasteiger charge is 2.14. The van der Waals surface area contributed by atoms with Crippen molar-refractivity contribution in [1.82, 2.24) is 9.97 Å². The molecule has 1 aliphatic heterocycles. The fraction of sp³-hybridized carbons (Fsp3) is 0.333. The lowest BCUT2D eigenvalue weighted by Gasteiger charge is -2.27. The molecule has 0 unspecified atom stereocenters. The second kappa shape index (κ2) is 7.20. The third-order valence-corrected chi connectivity index (χ3v) is 4.93. The number of piperidine rings is 1. The van der Waals surface area contributed by atoms with E-state index in [2.05, 4.69) is 22.0 Å². The van der Waals surface area contributed by atoms with Crippen molar-refractivity contribution < 1.29 is 9.47 Å². The van der Waals surface area contributed by atoms with Crippen LogP contribution in [-0.4, -0.2) is 37.3 Å². The Morgan fingerprint density at radius 2 is 1.73 bits per heavy atom. The van der Waals surface area contributed by atoms with Gasteiger partial charge in [-0.05, 0) is 49.1 Å². The van der Waals surface area contributed by atoms with Crippen LogP contribution in [0.1, 0.15) is 19.3 Å². The van der Waals surface area contributed by atoms with Crippen LogP contribution in [0.4, 0.5) is 5.82 Å². The van der Waals surface area contributed by atoms with E-state index < -0.39 is 0 Å². The second-order valence-electron chi connectivity index (χ2n) is 6.55. The molecule has 0 bridgehead atoms. The van der Waals surface area contributed by atoms with Crippen LogP contribution in [0.2, 0.25) is 0 Å². The van der Waals surface area contributed by atoms with Crippen molar-refractivity contribution in [3.05, 3.63) is 42.6 Å². The first kappa shape index (κ1) is 16.6. The fourth-order valence-electron chi connectivity index (χ4n) is 3.48. The lowest BCUT2D eigenvalue weighted by Crippen LogP contribution is -2.30. The molecule has 0 saturated carbocycles. The van der Waals surface area contributed by atoms with Gasteiger partial charge in [0.25, 0.3) is 0 Å². The number of benzene rings is 2. The van der Waals surface area contributed by atoms with E-state index in [0.29, 0.717) is 0 Å². The molecule has 4 rings (SSSR count). The van der Waals surface area contributed by atoms with Crippen molar-refractivity contribution in [2.45, 2.75) is 19.3 Å². The molecule has 5 nitrogen and oxygen atoms in total. The maximum Gasteiger partial charge on any atom is 0.147 e. The maximum atomic E-state index is 5.55. The smallest absolute Gasteiger partial charge is 0.147 e. The summed E-state index contributed by atoms with van der Waals surface area (Å²) in [4.78, 5) is 11.8. The predicted octanol–water partition coefficient (Wildman–Crippen LogP) is 4.30. The molecule has 0 atom stereocenters. The molecule has 26 heavy (non-hydrogen) atoms. The number of ether oxygens (including phenoxy) is 2. The highest BCUT2D eigenvalue weighted by molar-refractivity contribution is 5.84. The summed E-state index contributed by atoms with van der Waals surface area (Å²) in [7, 11) is 3.33. The van der Waals surface area contributed by atoms with E-state index in [9.17, 15) is 0 Å². The molecule has 2 heterocycles. The van der Waals surface area contributed by atoms with E-state index in [-0.39, 0.29) is 0 Å². The van der Waals surface area contributed by atoms with Crippen molar-refractivity contribution in [2.24, 2.45) is 0 Å². The Bertz CT molecular complexity index is 920. The number of rotatable bonds is 4. The van der Waals surface area contributed by atoms with Crippen LogP contribution in [0.15, 0.2) is 42.6 Å². The van der Waals surface area contributed by atoms with Crippen LogP contribution in [0.3, 0.4) is 0 Å². The molecule has 0 spiro atoms. The molecule has 0 N–H and O–H groups in total. The van der Waals surface area contributed by atoms with E-state index in [4.69, 9.17) is 14.5 Å². The summed E-state index contributed by atoms with van der Waals surface area (Å²) in [5.74, 6) is 2.53. The topological polar surface area (TPSA) is 47.5 Å². The molecule has 134 valence electrons. The Kier molecular flexibility index (Phi) is 4.61. The normalized spacial score (nSPS) is 14.5. The van der Waals surface area contributed by atoms with Gasteiger partial charge in [0.15, 0.2) is 0 Å². The number of fused-ring (bicyclic) bond motifs is 1. The minimum atomic E-state index is 0.776. The van der Waals surface area contributed by atoms with Crippen LogP contribution < -0.4 is 14.4 Å². The van der Waals surface area contributed by atoms with Crippen LogP contribution in [0, 0.1) is 0 Å². The van der Waals surface area contributed by atoms with Gasteiger partial charge < -0.3 is 14.4 Å². The van der Waals surface area contributed by atoms with Crippen molar-refractivity contribution in [1.29, 1.82) is 0 Å². The van der Waals surface area contributed by atoms with Crippen molar-refractivity contribution >= 4 is 16.9 Å². The SMILES string of the molecule is COc1ccc(-c2ccc3ncc(N4CCCCC4)nc3c2)c(OC)c1. The molecule has 0 radical (unpaired) electrons. The maximum absolute atomic E-state index is 5.55. The van der Waals surface area contributed by atoms with Crippen molar-refractivity contribution in [3.63, 3.8) is 0 Å². The highest BCUT2D eigenvalue weighted by Crippen LogP contribution is 2.34. The van der Waals surface area contributed by atoms with E-state index in [0.717, 1.165) is 52.6 Å². The molecular formula is C21H23N3O2. The van der Waals surface area contributed by atoms with Gasteiger partial charge in [-0.15, -0.1) is 0 Å². The Morgan fingerprint density at radius 1 is 0.885 bits per heavy atom. The van der Waals surface area contributed by atoms with E-state index in [1.807, 2.05) is 30.5 Å². The third kappa shape index (κ3) is 3.17. The summed E-state index contributed by atoms with van der Waals surface area (Å²) in [5, 5.41) is 0. The van der Waals surface area contributed by atoms with Gasteiger partial charge in [-0.1, -0.05) is 6.07 Å². The molecule has 1 saturated heterocycles. The average molecular weight is 349 g/mol. The van der Waals surface area contributed by atoms with Gasteiger partial charge >= 0.3 is 0 Å². The first-order valence-electron chi connectivity index (χ1n) is 9.02. The fourth-order valence-corrected chi connectivity index (χ4v) is 3.48. The molecule has 0 amide bonds. The van der Waals surface area contributed by atoms with Gasteiger partial charge in [0.1, 0.15) is 17.3 Å². The first-order valence-corrected chi connectivity index (χ1v) is 9.02. The molecule has 1 fully saturated rings. The summed E-state index contributed by atoms with van der Waals surface area (Å²) < 4.78 is 10.8. The van der Waals surface area contributed by atoms with Crippen LogP contribution >= 0.6 is 0 Å². The quantitative estimate of drug-likeness (QED) is 0.703. The number of methoxy groups -OCH3 is 2. The van der Waals surface area contributed by atoms with E-state index in [1.54, 1.807) is 14.2 Å². The van der Waals surface area contributed by atoms with E-state index >= 15 is 0 Å². The Morgan fingerprint density at radius 3 is 2.50 bits per heavy atom. The Balaban J connectivity index is 1.74. The van der Waals surface area contributed by atoms with Crippen molar-refractivity contribution in [3.8, 4) is 22.6 Å². The number of aromatic nitrogens is 2. The largest absolute Gasteiger partial charge is 0.497 e. The van der Waals surface area contributed by atoms with E-state index in [1.165, 1.54) is 19.3 Å². The molecular weight excluding hydrogens is 326 g/mol. The van der Waals surface area contributed by atoms with Crippen molar-refractivity contribution in [2.75, 3.05) is 32.2 Å². The summed E-state index contributed by atoms with van der Waals surface area (Å²) in [5.41, 5.74) is 3.88. The third-order valence-electron chi connectivity index (χ3n) is 4.93. The standard InChI is InChI=1S/C21H23N3O2/c1-25-16-7-8-17(20(13-16)26-2)15-6-9-18-19(12-15)23-21(14-22-18)24-10-4-3-5-11-24/h6-9,12-14H,3-5,10-11H2,1-2H3.